The van der Waals surface area contributed by atoms with E-state index in [1.165, 1.54) is 6.26 Å². The Balaban J connectivity index is 2.14. The van der Waals surface area contributed by atoms with E-state index in [0.29, 0.717) is 0 Å². The van der Waals surface area contributed by atoms with Gasteiger partial charge in [-0.1, -0.05) is 0 Å². The van der Waals surface area contributed by atoms with Gasteiger partial charge in [-0.15, -0.1) is 0 Å². The van der Waals surface area contributed by atoms with Gasteiger partial charge in [-0.2, -0.15) is 8.78 Å². The van der Waals surface area contributed by atoms with E-state index < -0.39 is 18.4 Å². The summed E-state index contributed by atoms with van der Waals surface area (Å²) in [6, 6.07) is 0. The summed E-state index contributed by atoms with van der Waals surface area (Å²) in [4.78, 5) is 0. The number of rotatable bonds is 4. The van der Waals surface area contributed by atoms with Crippen molar-refractivity contribution in [3.8, 4) is 0 Å². The Morgan fingerprint density at radius 2 is 2.14 bits per heavy atom. The van der Waals surface area contributed by atoms with Crippen LogP contribution in [-0.4, -0.2) is 25.0 Å². The van der Waals surface area contributed by atoms with Crippen molar-refractivity contribution >= 4 is 0 Å². The molecule has 0 amide bonds. The summed E-state index contributed by atoms with van der Waals surface area (Å²) in [5, 5.41) is 0. The van der Waals surface area contributed by atoms with Crippen LogP contribution in [0.1, 0.15) is 20.3 Å². The van der Waals surface area contributed by atoms with E-state index in [2.05, 4.69) is 4.74 Å². The lowest BCUT2D eigenvalue weighted by atomic mass is 10.1. The fourth-order valence-electron chi connectivity index (χ4n) is 1.09. The molecule has 5 heteroatoms. The van der Waals surface area contributed by atoms with Crippen LogP contribution in [0.4, 0.5) is 13.2 Å². The summed E-state index contributed by atoms with van der Waals surface area (Å²) in [6.45, 7) is 3.87. The molecule has 0 aromatic carbocycles. The van der Waals surface area contributed by atoms with Crippen LogP contribution in [0.15, 0.2) is 11.8 Å². The average Bonchev–Trinajstić information content (AvgIpc) is 2.09. The molecule has 1 heterocycles. The van der Waals surface area contributed by atoms with Crippen LogP contribution in [0.3, 0.4) is 0 Å². The monoisotopic (exact) mass is 210 g/mol. The highest BCUT2D eigenvalue weighted by Gasteiger charge is 2.58. The maximum Gasteiger partial charge on any atom is 0.389 e. The highest BCUT2D eigenvalue weighted by Crippen LogP contribution is 2.39. The molecule has 0 aromatic heterocycles. The molecule has 82 valence electrons. The quantitative estimate of drug-likeness (QED) is 0.524. The van der Waals surface area contributed by atoms with Crippen molar-refractivity contribution in [2.45, 2.75) is 38.7 Å². The topological polar surface area (TPSA) is 18.5 Å². The van der Waals surface area contributed by atoms with Gasteiger partial charge in [0.1, 0.15) is 6.10 Å². The predicted molar refractivity (Wildman–Crippen MR) is 44.7 cm³/mol. The summed E-state index contributed by atoms with van der Waals surface area (Å²) in [7, 11) is 0. The molecule has 2 atom stereocenters. The smallest absolute Gasteiger partial charge is 0.389 e. The van der Waals surface area contributed by atoms with Crippen LogP contribution in [0.25, 0.3) is 0 Å². The van der Waals surface area contributed by atoms with Crippen LogP contribution < -0.4 is 0 Å². The van der Waals surface area contributed by atoms with Gasteiger partial charge in [0.15, 0.2) is 0 Å². The van der Waals surface area contributed by atoms with Crippen molar-refractivity contribution in [1.29, 1.82) is 0 Å². The molecular formula is C9H13F3O2. The Morgan fingerprint density at radius 3 is 2.57 bits per heavy atom. The molecule has 0 radical (unpaired) electrons. The number of ether oxygens (including phenoxy) is 2. The Bertz CT molecular complexity index is 224. The first-order valence-electron chi connectivity index (χ1n) is 4.38. The predicted octanol–water partition coefficient (Wildman–Crippen LogP) is 2.65. The molecule has 1 aliphatic heterocycles. The fraction of sp³-hybridized carbons (Fsp3) is 0.778. The number of alkyl halides is 3. The average molecular weight is 210 g/mol. The molecule has 2 nitrogen and oxygen atoms in total. The Hall–Kier alpha value is -0.710. The van der Waals surface area contributed by atoms with Crippen molar-refractivity contribution in [3.63, 3.8) is 0 Å². The third-order valence-electron chi connectivity index (χ3n) is 1.80. The highest BCUT2D eigenvalue weighted by atomic mass is 19.3. The number of halogens is 3. The molecule has 1 aliphatic rings. The van der Waals surface area contributed by atoms with E-state index in [4.69, 9.17) is 4.74 Å². The van der Waals surface area contributed by atoms with Crippen molar-refractivity contribution in [1.82, 2.24) is 0 Å². The second-order valence-electron chi connectivity index (χ2n) is 3.47. The van der Waals surface area contributed by atoms with Crippen LogP contribution in [0.5, 0.6) is 0 Å². The molecule has 0 bridgehead atoms. The first kappa shape index (κ1) is 11.4. The molecule has 1 rings (SSSR count). The molecular weight excluding hydrogens is 197 g/mol. The van der Waals surface area contributed by atoms with E-state index in [9.17, 15) is 13.2 Å². The van der Waals surface area contributed by atoms with Gasteiger partial charge in [-0.3, -0.25) is 0 Å². The fourth-order valence-corrected chi connectivity index (χ4v) is 1.09. The van der Waals surface area contributed by atoms with Gasteiger partial charge in [0.2, 0.25) is 6.17 Å². The van der Waals surface area contributed by atoms with Gasteiger partial charge >= 0.3 is 6.11 Å². The molecule has 0 saturated carbocycles. The second kappa shape index (κ2) is 4.21. The van der Waals surface area contributed by atoms with Crippen LogP contribution >= 0.6 is 0 Å². The van der Waals surface area contributed by atoms with E-state index in [0.717, 1.165) is 5.57 Å². The molecule has 1 fully saturated rings. The normalized spacial score (nSPS) is 29.2. The van der Waals surface area contributed by atoms with Gasteiger partial charge in [0.05, 0.1) is 12.9 Å². The van der Waals surface area contributed by atoms with Gasteiger partial charge in [0.25, 0.3) is 0 Å². The second-order valence-corrected chi connectivity index (χ2v) is 3.47. The van der Waals surface area contributed by atoms with Gasteiger partial charge in [-0.05, 0) is 19.4 Å². The molecule has 14 heavy (non-hydrogen) atoms. The number of allylic oxidation sites excluding steroid dienone is 1. The Kier molecular flexibility index (Phi) is 3.42. The Labute approximate surface area is 80.7 Å². The SMILES string of the molecule is CC(C)=COCCC1OC(F)(F)C1F. The lowest BCUT2D eigenvalue weighted by Gasteiger charge is -2.38. The summed E-state index contributed by atoms with van der Waals surface area (Å²) >= 11 is 0. The summed E-state index contributed by atoms with van der Waals surface area (Å²) < 4.78 is 45.9. The zero-order valence-corrected chi connectivity index (χ0v) is 8.10. The van der Waals surface area contributed by atoms with Crippen molar-refractivity contribution in [3.05, 3.63) is 11.8 Å². The van der Waals surface area contributed by atoms with E-state index >= 15 is 0 Å². The van der Waals surface area contributed by atoms with E-state index in [1.54, 1.807) is 0 Å². The minimum atomic E-state index is -3.60. The summed E-state index contributed by atoms with van der Waals surface area (Å²) in [5.74, 6) is 0. The van der Waals surface area contributed by atoms with Crippen molar-refractivity contribution in [2.24, 2.45) is 0 Å². The van der Waals surface area contributed by atoms with Gasteiger partial charge in [0, 0.05) is 6.42 Å². The summed E-state index contributed by atoms with van der Waals surface area (Å²) in [6.07, 6.45) is -5.18. The largest absolute Gasteiger partial charge is 0.501 e. The first-order valence-corrected chi connectivity index (χ1v) is 4.38. The maximum absolute atomic E-state index is 12.6. The third kappa shape index (κ3) is 2.64. The minimum Gasteiger partial charge on any atom is -0.501 e. The molecule has 1 saturated heterocycles. The van der Waals surface area contributed by atoms with Crippen LogP contribution in [0.2, 0.25) is 0 Å². The summed E-state index contributed by atoms with van der Waals surface area (Å²) in [5.41, 5.74) is 0.960. The highest BCUT2D eigenvalue weighted by molar-refractivity contribution is 4.89. The van der Waals surface area contributed by atoms with Gasteiger partial charge in [-0.25, -0.2) is 4.39 Å². The molecule has 2 unspecified atom stereocenters. The molecule has 0 aliphatic carbocycles. The van der Waals surface area contributed by atoms with Gasteiger partial charge < -0.3 is 9.47 Å². The zero-order valence-electron chi connectivity index (χ0n) is 8.10. The molecule has 0 spiro atoms. The first-order chi connectivity index (χ1) is 6.43. The third-order valence-corrected chi connectivity index (χ3v) is 1.80. The lowest BCUT2D eigenvalue weighted by Crippen LogP contribution is -2.56. The molecule has 0 N–H and O–H groups in total. The zero-order chi connectivity index (χ0) is 10.8. The molecule has 0 aromatic rings. The van der Waals surface area contributed by atoms with Crippen molar-refractivity contribution < 1.29 is 22.6 Å². The van der Waals surface area contributed by atoms with E-state index in [-0.39, 0.29) is 13.0 Å². The van der Waals surface area contributed by atoms with E-state index in [1.807, 2.05) is 13.8 Å². The minimum absolute atomic E-state index is 0.139. The lowest BCUT2D eigenvalue weighted by molar-refractivity contribution is -0.394. The Morgan fingerprint density at radius 1 is 1.50 bits per heavy atom. The maximum atomic E-state index is 12.6. The van der Waals surface area contributed by atoms with Crippen LogP contribution in [0, 0.1) is 0 Å². The number of hydrogen-bond acceptors (Lipinski definition) is 2. The van der Waals surface area contributed by atoms with Crippen LogP contribution in [-0.2, 0) is 9.47 Å². The standard InChI is InChI=1S/C9H13F3O2/c1-6(2)5-13-4-3-7-8(10)9(11,12)14-7/h5,7-8H,3-4H2,1-2H3. The van der Waals surface area contributed by atoms with Crippen molar-refractivity contribution in [2.75, 3.05) is 6.61 Å². The number of hydrogen-bond donors (Lipinski definition) is 0.